The van der Waals surface area contributed by atoms with Gasteiger partial charge in [0.1, 0.15) is 0 Å². The lowest BCUT2D eigenvalue weighted by Crippen LogP contribution is -2.41. The van der Waals surface area contributed by atoms with Crippen LogP contribution in [0, 0.1) is 5.92 Å². The zero-order valence-electron chi connectivity index (χ0n) is 18.9. The molecular weight excluding hydrogens is 491 g/mol. The molecule has 1 aliphatic rings. The molecule has 2 aromatic carbocycles. The second-order valence-corrected chi connectivity index (χ2v) is 9.86. The van der Waals surface area contributed by atoms with Crippen LogP contribution in [0.1, 0.15) is 49.2 Å². The van der Waals surface area contributed by atoms with Crippen LogP contribution in [0.25, 0.3) is 0 Å². The quantitative estimate of drug-likeness (QED) is 0.279. The third kappa shape index (κ3) is 6.16. The van der Waals surface area contributed by atoms with E-state index in [1.807, 2.05) is 53.9 Å². The number of halogens is 2. The van der Waals surface area contributed by atoms with Crippen molar-refractivity contribution in [1.82, 2.24) is 10.3 Å². The Bertz CT molecular complexity index is 1150. The topological polar surface area (TPSA) is 75.6 Å². The Labute approximate surface area is 213 Å². The molecule has 0 radical (unpaired) electrons. The van der Waals surface area contributed by atoms with Crippen LogP contribution in [0.2, 0.25) is 10.0 Å². The maximum Gasteiger partial charge on any atom is 0.311 e. The first-order chi connectivity index (χ1) is 16.4. The van der Waals surface area contributed by atoms with Gasteiger partial charge in [-0.15, -0.1) is 11.3 Å². The molecule has 0 amide bonds. The number of hydrogen-bond acceptors (Lipinski definition) is 7. The van der Waals surface area contributed by atoms with Crippen LogP contribution in [-0.2, 0) is 16.0 Å². The van der Waals surface area contributed by atoms with E-state index >= 15 is 0 Å². The zero-order valence-corrected chi connectivity index (χ0v) is 21.3. The first-order valence-corrected chi connectivity index (χ1v) is 12.8. The fraction of sp³-hybridized carbons (Fsp3) is 0.320. The predicted molar refractivity (Wildman–Crippen MR) is 139 cm³/mol. The molecule has 178 valence electrons. The van der Waals surface area contributed by atoms with Crippen molar-refractivity contribution in [3.8, 4) is 0 Å². The monoisotopic (exact) mass is 516 g/mol. The number of piperidine rings is 1. The molecule has 1 aromatic heterocycles. The highest BCUT2D eigenvalue weighted by molar-refractivity contribution is 7.13. The summed E-state index contributed by atoms with van der Waals surface area (Å²) in [5.74, 6) is -0.148. The molecule has 3 atom stereocenters. The minimum atomic E-state index is -0.283. The molecule has 6 nitrogen and oxygen atoms in total. The van der Waals surface area contributed by atoms with Gasteiger partial charge in [-0.2, -0.15) is 5.10 Å². The SMILES string of the molecule is CCOC(=O)Cc1csc(N/N=C2\CC(c3ccc(Cl)cc3)NC(c3ccc(Cl)cc3)C2C)n1. The first-order valence-electron chi connectivity index (χ1n) is 11.1. The average molecular weight is 517 g/mol. The predicted octanol–water partition coefficient (Wildman–Crippen LogP) is 6.44. The Morgan fingerprint density at radius 3 is 2.44 bits per heavy atom. The Morgan fingerprint density at radius 2 is 1.79 bits per heavy atom. The van der Waals surface area contributed by atoms with Gasteiger partial charge in [-0.05, 0) is 42.3 Å². The number of ether oxygens (including phenoxy) is 1. The molecular formula is C25H26Cl2N4O2S. The molecule has 0 saturated carbocycles. The number of thiazole rings is 1. The molecule has 0 aliphatic carbocycles. The number of hydrazone groups is 1. The summed E-state index contributed by atoms with van der Waals surface area (Å²) in [5, 5.41) is 12.4. The summed E-state index contributed by atoms with van der Waals surface area (Å²) in [6.45, 7) is 4.31. The van der Waals surface area contributed by atoms with Gasteiger partial charge in [-0.3, -0.25) is 10.2 Å². The van der Waals surface area contributed by atoms with Crippen LogP contribution in [-0.4, -0.2) is 23.3 Å². The van der Waals surface area contributed by atoms with Gasteiger partial charge in [0.25, 0.3) is 0 Å². The molecule has 4 rings (SSSR count). The van der Waals surface area contributed by atoms with Crippen molar-refractivity contribution in [2.75, 3.05) is 12.0 Å². The number of rotatable bonds is 7. The molecule has 34 heavy (non-hydrogen) atoms. The van der Waals surface area contributed by atoms with Crippen molar-refractivity contribution >= 4 is 51.4 Å². The number of carbonyl (C=O) groups excluding carboxylic acids is 1. The first kappa shape index (κ1) is 24.7. The van der Waals surface area contributed by atoms with Crippen LogP contribution in [0.3, 0.4) is 0 Å². The summed E-state index contributed by atoms with van der Waals surface area (Å²) in [6.07, 6.45) is 0.890. The van der Waals surface area contributed by atoms with E-state index < -0.39 is 0 Å². The fourth-order valence-corrected chi connectivity index (χ4v) is 4.94. The van der Waals surface area contributed by atoms with E-state index in [1.165, 1.54) is 11.3 Å². The van der Waals surface area contributed by atoms with Crippen molar-refractivity contribution in [3.63, 3.8) is 0 Å². The van der Waals surface area contributed by atoms with Gasteiger partial charge < -0.3 is 10.1 Å². The summed E-state index contributed by atoms with van der Waals surface area (Å²) < 4.78 is 5.00. The van der Waals surface area contributed by atoms with E-state index in [-0.39, 0.29) is 30.4 Å². The number of nitrogens with one attached hydrogen (secondary N) is 2. The van der Waals surface area contributed by atoms with Gasteiger partial charge >= 0.3 is 5.97 Å². The number of benzene rings is 2. The number of carbonyl (C=O) groups is 1. The van der Waals surface area contributed by atoms with Crippen molar-refractivity contribution in [1.29, 1.82) is 0 Å². The van der Waals surface area contributed by atoms with E-state index in [0.29, 0.717) is 27.5 Å². The maximum absolute atomic E-state index is 11.7. The Morgan fingerprint density at radius 1 is 1.15 bits per heavy atom. The van der Waals surface area contributed by atoms with Crippen LogP contribution in [0.5, 0.6) is 0 Å². The highest BCUT2D eigenvalue weighted by Crippen LogP contribution is 2.36. The number of anilines is 1. The number of nitrogens with zero attached hydrogens (tertiary/aromatic N) is 2. The Kier molecular flexibility index (Phi) is 8.21. The largest absolute Gasteiger partial charge is 0.466 e. The average Bonchev–Trinajstić information content (AvgIpc) is 3.27. The highest BCUT2D eigenvalue weighted by Gasteiger charge is 2.33. The van der Waals surface area contributed by atoms with Gasteiger partial charge in [0.15, 0.2) is 0 Å². The molecule has 0 spiro atoms. The Balaban J connectivity index is 1.56. The number of esters is 1. The van der Waals surface area contributed by atoms with Crippen molar-refractivity contribution in [3.05, 3.63) is 80.8 Å². The molecule has 3 unspecified atom stereocenters. The molecule has 3 aromatic rings. The van der Waals surface area contributed by atoms with Gasteiger partial charge in [0.2, 0.25) is 5.13 Å². The van der Waals surface area contributed by atoms with E-state index in [0.717, 1.165) is 23.3 Å². The maximum atomic E-state index is 11.7. The Hall–Kier alpha value is -2.45. The molecule has 2 N–H and O–H groups in total. The third-order valence-corrected chi connectivity index (χ3v) is 7.10. The highest BCUT2D eigenvalue weighted by atomic mass is 35.5. The molecule has 2 heterocycles. The molecule has 1 fully saturated rings. The van der Waals surface area contributed by atoms with E-state index in [1.54, 1.807) is 6.92 Å². The summed E-state index contributed by atoms with van der Waals surface area (Å²) in [7, 11) is 0. The van der Waals surface area contributed by atoms with Crippen LogP contribution < -0.4 is 10.7 Å². The third-order valence-electron chi connectivity index (χ3n) is 5.80. The van der Waals surface area contributed by atoms with E-state index in [9.17, 15) is 4.79 Å². The minimum Gasteiger partial charge on any atom is -0.466 e. The van der Waals surface area contributed by atoms with Gasteiger partial charge in [-0.25, -0.2) is 4.98 Å². The van der Waals surface area contributed by atoms with Crippen LogP contribution in [0.4, 0.5) is 5.13 Å². The summed E-state index contributed by atoms with van der Waals surface area (Å²) in [5.41, 5.74) is 7.10. The summed E-state index contributed by atoms with van der Waals surface area (Å²) in [4.78, 5) is 16.2. The van der Waals surface area contributed by atoms with Crippen molar-refractivity contribution < 1.29 is 9.53 Å². The second kappa shape index (κ2) is 11.3. The van der Waals surface area contributed by atoms with Gasteiger partial charge in [-0.1, -0.05) is 54.4 Å². The van der Waals surface area contributed by atoms with Crippen molar-refractivity contribution in [2.24, 2.45) is 11.0 Å². The lowest BCUT2D eigenvalue weighted by Gasteiger charge is -2.37. The molecule has 0 bridgehead atoms. The summed E-state index contributed by atoms with van der Waals surface area (Å²) in [6, 6.07) is 16.0. The zero-order chi connectivity index (χ0) is 24.1. The second-order valence-electron chi connectivity index (χ2n) is 8.13. The van der Waals surface area contributed by atoms with E-state index in [2.05, 4.69) is 22.7 Å². The number of aromatic nitrogens is 1. The lowest BCUT2D eigenvalue weighted by molar-refractivity contribution is -0.142. The lowest BCUT2D eigenvalue weighted by atomic mass is 9.81. The van der Waals surface area contributed by atoms with Gasteiger partial charge in [0.05, 0.1) is 18.7 Å². The molecule has 9 heteroatoms. The molecule has 1 aliphatic heterocycles. The normalized spacial score (nSPS) is 21.4. The summed E-state index contributed by atoms with van der Waals surface area (Å²) >= 11 is 13.6. The van der Waals surface area contributed by atoms with Crippen LogP contribution in [0.15, 0.2) is 59.0 Å². The standard InChI is InChI=1S/C25H26Cl2N4O2S/c1-3-33-23(32)12-20-14-34-25(28-20)31-30-21-13-22(16-4-8-18(26)9-5-16)29-24(15(21)2)17-6-10-19(27)11-7-17/h4-11,14-15,22,24,29H,3,12-13H2,1-2H3,(H,28,31)/b30-21+. The van der Waals surface area contributed by atoms with Crippen LogP contribution >= 0.6 is 34.5 Å². The van der Waals surface area contributed by atoms with Gasteiger partial charge in [0, 0.05) is 45.6 Å². The number of hydrogen-bond donors (Lipinski definition) is 2. The smallest absolute Gasteiger partial charge is 0.311 e. The molecule has 1 saturated heterocycles. The minimum absolute atomic E-state index is 0.0583. The van der Waals surface area contributed by atoms with E-state index in [4.69, 9.17) is 33.0 Å². The van der Waals surface area contributed by atoms with Crippen molar-refractivity contribution in [2.45, 2.75) is 38.8 Å². The fourth-order valence-electron chi connectivity index (χ4n) is 4.04.